The lowest BCUT2D eigenvalue weighted by Gasteiger charge is -2.31. The Morgan fingerprint density at radius 2 is 1.47 bits per heavy atom. The summed E-state index contributed by atoms with van der Waals surface area (Å²) in [6, 6.07) is 8.40. The molecule has 8 nitrogen and oxygen atoms in total. The van der Waals surface area contributed by atoms with Crippen molar-refractivity contribution in [3.8, 4) is 0 Å². The van der Waals surface area contributed by atoms with Crippen LogP contribution in [0.5, 0.6) is 0 Å². The fourth-order valence-electron chi connectivity index (χ4n) is 5.74. The van der Waals surface area contributed by atoms with Crippen molar-refractivity contribution < 1.29 is 23.9 Å². The lowest BCUT2D eigenvalue weighted by atomic mass is 9.88. The summed E-state index contributed by atoms with van der Waals surface area (Å²) in [6.07, 6.45) is 18.1. The molecule has 0 bridgehead atoms. The summed E-state index contributed by atoms with van der Waals surface area (Å²) in [5.74, 6) is -2.61. The van der Waals surface area contributed by atoms with Crippen LogP contribution in [-0.4, -0.2) is 54.3 Å². The van der Waals surface area contributed by atoms with Crippen LogP contribution in [0, 0.1) is 11.8 Å². The first-order chi connectivity index (χ1) is 21.6. The van der Waals surface area contributed by atoms with Gasteiger partial charge in [-0.15, -0.1) is 0 Å². The number of cyclic esters (lactones) is 1. The van der Waals surface area contributed by atoms with Gasteiger partial charge in [0.15, 0.2) is 0 Å². The molecule has 45 heavy (non-hydrogen) atoms. The number of hydrogen-bond acceptors (Lipinski definition) is 5. The zero-order valence-electron chi connectivity index (χ0n) is 28.2. The van der Waals surface area contributed by atoms with Gasteiger partial charge in [0.25, 0.3) is 0 Å². The standard InChI is InChI=1S/C37H57N3O5/c1-6-7-8-9-10-11-12-13-14-15-16-18-21-28(2)35-30(4)36(43)38-29(3)24-25-34(42)40(5)27-33(41)39-32(37(44)45-35)26-31-22-19-17-20-23-31/h17,19-20,22-25,28,30,32,35H,3,6-16,18,21,26-27H2,1-2,4-5H3,(H,38,43)(H,39,41)/b25-24+/t28-,30+,32+,35+/m1/s1. The monoisotopic (exact) mass is 623 g/mol. The first-order valence-corrected chi connectivity index (χ1v) is 17.1. The molecular weight excluding hydrogens is 566 g/mol. The van der Waals surface area contributed by atoms with Crippen molar-refractivity contribution in [2.45, 2.75) is 123 Å². The molecule has 0 radical (unpaired) electrons. The molecule has 1 aromatic carbocycles. The molecule has 0 spiro atoms. The molecule has 0 fully saturated rings. The first kappa shape index (κ1) is 37.8. The van der Waals surface area contributed by atoms with Crippen molar-refractivity contribution in [2.75, 3.05) is 13.6 Å². The Hall–Kier alpha value is -3.42. The number of carbonyl (C=O) groups is 4. The summed E-state index contributed by atoms with van der Waals surface area (Å²) < 4.78 is 6.10. The molecule has 0 aromatic heterocycles. The molecular formula is C37H57N3O5. The number of esters is 1. The number of rotatable bonds is 16. The Morgan fingerprint density at radius 1 is 0.889 bits per heavy atom. The van der Waals surface area contributed by atoms with Gasteiger partial charge in [-0.1, -0.05) is 135 Å². The quantitative estimate of drug-likeness (QED) is 0.159. The van der Waals surface area contributed by atoms with E-state index in [1.54, 1.807) is 6.92 Å². The average Bonchev–Trinajstić information content (AvgIpc) is 3.02. The Balaban J connectivity index is 2.07. The second kappa shape index (κ2) is 21.3. The van der Waals surface area contributed by atoms with Crippen LogP contribution < -0.4 is 10.6 Å². The van der Waals surface area contributed by atoms with Gasteiger partial charge >= 0.3 is 5.97 Å². The number of hydrogen-bond donors (Lipinski definition) is 2. The third kappa shape index (κ3) is 14.9. The van der Waals surface area contributed by atoms with E-state index in [1.165, 1.54) is 88.3 Å². The van der Waals surface area contributed by atoms with Gasteiger partial charge in [-0.2, -0.15) is 0 Å². The maximum atomic E-state index is 13.7. The number of unbranched alkanes of at least 4 members (excludes halogenated alkanes) is 11. The van der Waals surface area contributed by atoms with Crippen molar-refractivity contribution in [1.29, 1.82) is 0 Å². The minimum absolute atomic E-state index is 0.0851. The smallest absolute Gasteiger partial charge is 0.329 e. The van der Waals surface area contributed by atoms with E-state index >= 15 is 0 Å². The van der Waals surface area contributed by atoms with E-state index in [9.17, 15) is 19.2 Å². The van der Waals surface area contributed by atoms with Gasteiger partial charge in [-0.05, 0) is 24.0 Å². The molecule has 0 saturated carbocycles. The molecule has 1 aliphatic heterocycles. The summed E-state index contributed by atoms with van der Waals surface area (Å²) in [6.45, 7) is 9.61. The van der Waals surface area contributed by atoms with Crippen LogP contribution in [0.4, 0.5) is 0 Å². The number of benzene rings is 1. The van der Waals surface area contributed by atoms with Crippen LogP contribution >= 0.6 is 0 Å². The van der Waals surface area contributed by atoms with E-state index in [1.807, 2.05) is 37.3 Å². The highest BCUT2D eigenvalue weighted by Crippen LogP contribution is 2.25. The molecule has 1 aliphatic rings. The summed E-state index contributed by atoms with van der Waals surface area (Å²) >= 11 is 0. The number of carbonyl (C=O) groups excluding carboxylic acids is 4. The molecule has 250 valence electrons. The zero-order chi connectivity index (χ0) is 33.0. The predicted molar refractivity (Wildman–Crippen MR) is 180 cm³/mol. The van der Waals surface area contributed by atoms with E-state index in [2.05, 4.69) is 24.1 Å². The first-order valence-electron chi connectivity index (χ1n) is 17.1. The molecule has 2 N–H and O–H groups in total. The lowest BCUT2D eigenvalue weighted by Crippen LogP contribution is -2.49. The van der Waals surface area contributed by atoms with Gasteiger partial charge in [0.1, 0.15) is 12.1 Å². The van der Waals surface area contributed by atoms with E-state index in [0.29, 0.717) is 0 Å². The third-order valence-corrected chi connectivity index (χ3v) is 8.60. The fraction of sp³-hybridized carbons (Fsp3) is 0.622. The molecule has 4 atom stereocenters. The van der Waals surface area contributed by atoms with E-state index in [4.69, 9.17) is 4.74 Å². The van der Waals surface area contributed by atoms with Gasteiger partial charge in [-0.25, -0.2) is 4.79 Å². The second-order valence-corrected chi connectivity index (χ2v) is 12.7. The van der Waals surface area contributed by atoms with Gasteiger partial charge in [0.05, 0.1) is 12.5 Å². The van der Waals surface area contributed by atoms with E-state index in [0.717, 1.165) is 24.8 Å². The average molecular weight is 624 g/mol. The largest absolute Gasteiger partial charge is 0.460 e. The number of amides is 3. The number of likely N-dealkylation sites (N-methyl/N-ethyl adjacent to an activating group) is 1. The number of allylic oxidation sites excluding steroid dienone is 1. The minimum Gasteiger partial charge on any atom is -0.460 e. The molecule has 0 aliphatic carbocycles. The van der Waals surface area contributed by atoms with Crippen LogP contribution in [0.15, 0.2) is 54.8 Å². The zero-order valence-corrected chi connectivity index (χ0v) is 28.2. The lowest BCUT2D eigenvalue weighted by molar-refractivity contribution is -0.160. The minimum atomic E-state index is -0.976. The van der Waals surface area contributed by atoms with Crippen molar-refractivity contribution in [2.24, 2.45) is 11.8 Å². The topological polar surface area (TPSA) is 105 Å². The second-order valence-electron chi connectivity index (χ2n) is 12.7. The fourth-order valence-corrected chi connectivity index (χ4v) is 5.74. The Bertz CT molecular complexity index is 1100. The normalized spacial score (nSPS) is 21.7. The molecule has 2 rings (SSSR count). The SMILES string of the molecule is C=C1/C=C/C(=O)N(C)CC(=O)N[C@@H](Cc2ccccc2)C(=O)O[C@@H]([C@H](C)CCCCCCCCCCCCCC)[C@H](C)C(=O)N1. The molecule has 0 saturated heterocycles. The summed E-state index contributed by atoms with van der Waals surface area (Å²) in [5, 5.41) is 5.52. The highest BCUT2D eigenvalue weighted by Gasteiger charge is 2.35. The van der Waals surface area contributed by atoms with Crippen LogP contribution in [-0.2, 0) is 30.3 Å². The van der Waals surface area contributed by atoms with Crippen molar-refractivity contribution in [3.63, 3.8) is 0 Å². The van der Waals surface area contributed by atoms with E-state index < -0.39 is 35.8 Å². The number of nitrogens with one attached hydrogen (secondary N) is 2. The Morgan fingerprint density at radius 3 is 2.07 bits per heavy atom. The summed E-state index contributed by atoms with van der Waals surface area (Å²) in [7, 11) is 1.49. The van der Waals surface area contributed by atoms with Crippen LogP contribution in [0.25, 0.3) is 0 Å². The maximum Gasteiger partial charge on any atom is 0.329 e. The van der Waals surface area contributed by atoms with Crippen molar-refractivity contribution in [3.05, 3.63) is 60.3 Å². The predicted octanol–water partition coefficient (Wildman–Crippen LogP) is 6.65. The molecule has 0 unspecified atom stereocenters. The van der Waals surface area contributed by atoms with Gasteiger partial charge < -0.3 is 20.3 Å². The highest BCUT2D eigenvalue weighted by molar-refractivity contribution is 5.93. The number of ether oxygens (including phenoxy) is 1. The van der Waals surface area contributed by atoms with Crippen molar-refractivity contribution >= 4 is 23.7 Å². The molecule has 3 amide bonds. The molecule has 8 heteroatoms. The summed E-state index contributed by atoms with van der Waals surface area (Å²) in [5.41, 5.74) is 1.10. The van der Waals surface area contributed by atoms with Gasteiger partial charge in [0.2, 0.25) is 17.7 Å². The van der Waals surface area contributed by atoms with Crippen molar-refractivity contribution in [1.82, 2.24) is 15.5 Å². The highest BCUT2D eigenvalue weighted by atomic mass is 16.5. The Labute approximate surface area is 271 Å². The Kier molecular flexibility index (Phi) is 17.9. The molecule has 1 heterocycles. The van der Waals surface area contributed by atoms with E-state index in [-0.39, 0.29) is 30.5 Å². The maximum absolute atomic E-state index is 13.7. The summed E-state index contributed by atoms with van der Waals surface area (Å²) in [4.78, 5) is 53.6. The van der Waals surface area contributed by atoms with Crippen LogP contribution in [0.3, 0.4) is 0 Å². The van der Waals surface area contributed by atoms with Crippen LogP contribution in [0.1, 0.15) is 110 Å². The van der Waals surface area contributed by atoms with Gasteiger partial charge in [-0.3, -0.25) is 14.4 Å². The third-order valence-electron chi connectivity index (χ3n) is 8.60. The van der Waals surface area contributed by atoms with Crippen LogP contribution in [0.2, 0.25) is 0 Å². The molecule has 1 aromatic rings. The number of nitrogens with zero attached hydrogens (tertiary/aromatic N) is 1. The van der Waals surface area contributed by atoms with Gasteiger partial charge in [0, 0.05) is 25.2 Å².